The quantitative estimate of drug-likeness (QED) is 0.682. The SMILES string of the molecule is CC(C)CCC1CCCC1NC(=O)NC(C)CO. The van der Waals surface area contributed by atoms with Crippen molar-refractivity contribution in [1.29, 1.82) is 0 Å². The Morgan fingerprint density at radius 2 is 2.06 bits per heavy atom. The third-order valence-corrected chi connectivity index (χ3v) is 3.74. The van der Waals surface area contributed by atoms with Crippen LogP contribution in [0.1, 0.15) is 52.9 Å². The van der Waals surface area contributed by atoms with E-state index in [1.807, 2.05) is 0 Å². The van der Waals surface area contributed by atoms with Crippen molar-refractivity contribution in [3.63, 3.8) is 0 Å². The molecule has 0 radical (unpaired) electrons. The van der Waals surface area contributed by atoms with Gasteiger partial charge in [0.15, 0.2) is 0 Å². The number of nitrogens with one attached hydrogen (secondary N) is 2. The van der Waals surface area contributed by atoms with Gasteiger partial charge in [0.1, 0.15) is 0 Å². The van der Waals surface area contributed by atoms with Gasteiger partial charge >= 0.3 is 6.03 Å². The number of hydrogen-bond acceptors (Lipinski definition) is 2. The molecule has 18 heavy (non-hydrogen) atoms. The van der Waals surface area contributed by atoms with Crippen molar-refractivity contribution in [1.82, 2.24) is 10.6 Å². The van der Waals surface area contributed by atoms with E-state index < -0.39 is 0 Å². The number of urea groups is 1. The van der Waals surface area contributed by atoms with Gasteiger partial charge in [0.2, 0.25) is 0 Å². The van der Waals surface area contributed by atoms with E-state index in [9.17, 15) is 4.79 Å². The van der Waals surface area contributed by atoms with Gasteiger partial charge in [-0.2, -0.15) is 0 Å². The van der Waals surface area contributed by atoms with Crippen LogP contribution in [0.2, 0.25) is 0 Å². The van der Waals surface area contributed by atoms with E-state index in [2.05, 4.69) is 24.5 Å². The topological polar surface area (TPSA) is 61.4 Å². The van der Waals surface area contributed by atoms with Crippen molar-refractivity contribution < 1.29 is 9.90 Å². The molecule has 0 aliphatic heterocycles. The van der Waals surface area contributed by atoms with Crippen molar-refractivity contribution in [2.24, 2.45) is 11.8 Å². The van der Waals surface area contributed by atoms with Gasteiger partial charge in [0.25, 0.3) is 0 Å². The van der Waals surface area contributed by atoms with Crippen molar-refractivity contribution in [3.05, 3.63) is 0 Å². The molecule has 3 unspecified atom stereocenters. The number of carbonyl (C=O) groups excluding carboxylic acids is 1. The van der Waals surface area contributed by atoms with E-state index in [0.717, 1.165) is 12.3 Å². The summed E-state index contributed by atoms with van der Waals surface area (Å²) in [4.78, 5) is 11.7. The molecule has 3 atom stereocenters. The van der Waals surface area contributed by atoms with Gasteiger partial charge in [-0.3, -0.25) is 0 Å². The highest BCUT2D eigenvalue weighted by Gasteiger charge is 2.28. The molecule has 106 valence electrons. The molecule has 0 heterocycles. The molecule has 0 spiro atoms. The molecule has 1 fully saturated rings. The predicted molar refractivity (Wildman–Crippen MR) is 73.4 cm³/mol. The molecular formula is C14H28N2O2. The number of rotatable bonds is 6. The molecule has 3 N–H and O–H groups in total. The van der Waals surface area contributed by atoms with E-state index in [1.165, 1.54) is 25.7 Å². The highest BCUT2D eigenvalue weighted by molar-refractivity contribution is 5.74. The second kappa shape index (κ2) is 7.62. The number of hydrogen-bond donors (Lipinski definition) is 3. The Labute approximate surface area is 111 Å². The fourth-order valence-electron chi connectivity index (χ4n) is 2.60. The maximum atomic E-state index is 11.7. The minimum absolute atomic E-state index is 0.0190. The van der Waals surface area contributed by atoms with Crippen LogP contribution in [0, 0.1) is 11.8 Å². The molecule has 1 rings (SSSR count). The van der Waals surface area contributed by atoms with Crippen LogP contribution in [0.15, 0.2) is 0 Å². The van der Waals surface area contributed by atoms with Gasteiger partial charge in [-0.15, -0.1) is 0 Å². The largest absolute Gasteiger partial charge is 0.394 e. The van der Waals surface area contributed by atoms with Crippen molar-refractivity contribution >= 4 is 6.03 Å². The summed E-state index contributed by atoms with van der Waals surface area (Å²) in [7, 11) is 0. The highest BCUT2D eigenvalue weighted by atomic mass is 16.3. The van der Waals surface area contributed by atoms with Crippen LogP contribution in [-0.4, -0.2) is 29.8 Å². The minimum Gasteiger partial charge on any atom is -0.394 e. The van der Waals surface area contributed by atoms with Gasteiger partial charge in [0, 0.05) is 6.04 Å². The predicted octanol–water partition coefficient (Wildman–Crippen LogP) is 2.27. The van der Waals surface area contributed by atoms with Crippen LogP contribution in [0.4, 0.5) is 4.79 Å². The second-order valence-corrected chi connectivity index (χ2v) is 5.97. The highest BCUT2D eigenvalue weighted by Crippen LogP contribution is 2.30. The molecular weight excluding hydrogens is 228 g/mol. The van der Waals surface area contributed by atoms with Crippen molar-refractivity contribution in [3.8, 4) is 0 Å². The zero-order chi connectivity index (χ0) is 13.5. The Kier molecular flexibility index (Phi) is 6.47. The molecule has 1 aliphatic rings. The average Bonchev–Trinajstić information content (AvgIpc) is 2.73. The molecule has 1 saturated carbocycles. The third kappa shape index (κ3) is 5.25. The summed E-state index contributed by atoms with van der Waals surface area (Å²) in [5.74, 6) is 1.36. The van der Waals surface area contributed by atoms with Gasteiger partial charge < -0.3 is 15.7 Å². The summed E-state index contributed by atoms with van der Waals surface area (Å²) >= 11 is 0. The average molecular weight is 256 g/mol. The van der Waals surface area contributed by atoms with Gasteiger partial charge in [-0.1, -0.05) is 26.7 Å². The van der Waals surface area contributed by atoms with E-state index in [-0.39, 0.29) is 18.7 Å². The first-order chi connectivity index (χ1) is 8.52. The number of carbonyl (C=O) groups is 1. The number of aliphatic hydroxyl groups is 1. The van der Waals surface area contributed by atoms with Crippen LogP contribution in [0.5, 0.6) is 0 Å². The summed E-state index contributed by atoms with van der Waals surface area (Å²) in [5.41, 5.74) is 0. The third-order valence-electron chi connectivity index (χ3n) is 3.74. The lowest BCUT2D eigenvalue weighted by molar-refractivity contribution is 0.214. The Morgan fingerprint density at radius 1 is 1.33 bits per heavy atom. The van der Waals surface area contributed by atoms with Crippen molar-refractivity contribution in [2.75, 3.05) is 6.61 Å². The lowest BCUT2D eigenvalue weighted by atomic mass is 9.94. The summed E-state index contributed by atoms with van der Waals surface area (Å²) in [6, 6.07) is -0.00634. The normalized spacial score (nSPS) is 25.2. The first-order valence-electron chi connectivity index (χ1n) is 7.20. The summed E-state index contributed by atoms with van der Waals surface area (Å²) in [6.07, 6.45) is 5.97. The van der Waals surface area contributed by atoms with Gasteiger partial charge in [-0.05, 0) is 38.0 Å². The molecule has 0 saturated heterocycles. The van der Waals surface area contributed by atoms with E-state index in [0.29, 0.717) is 12.0 Å². The van der Waals surface area contributed by atoms with Gasteiger partial charge in [-0.25, -0.2) is 4.79 Å². The maximum Gasteiger partial charge on any atom is 0.315 e. The molecule has 0 aromatic carbocycles. The van der Waals surface area contributed by atoms with Crippen LogP contribution >= 0.6 is 0 Å². The molecule has 2 amide bonds. The van der Waals surface area contributed by atoms with Crippen LogP contribution in [0.25, 0.3) is 0 Å². The monoisotopic (exact) mass is 256 g/mol. The first kappa shape index (κ1) is 15.3. The minimum atomic E-state index is -0.180. The molecule has 0 bridgehead atoms. The zero-order valence-electron chi connectivity index (χ0n) is 11.9. The molecule has 0 aromatic rings. The first-order valence-corrected chi connectivity index (χ1v) is 7.20. The summed E-state index contributed by atoms with van der Waals surface area (Å²) < 4.78 is 0. The lowest BCUT2D eigenvalue weighted by Crippen LogP contribution is -2.47. The summed E-state index contributed by atoms with van der Waals surface area (Å²) in [6.45, 7) is 6.26. The number of amides is 2. The van der Waals surface area contributed by atoms with Crippen LogP contribution < -0.4 is 10.6 Å². The smallest absolute Gasteiger partial charge is 0.315 e. The second-order valence-electron chi connectivity index (χ2n) is 5.97. The van der Waals surface area contributed by atoms with E-state index in [4.69, 9.17) is 5.11 Å². The fourth-order valence-corrected chi connectivity index (χ4v) is 2.60. The Morgan fingerprint density at radius 3 is 2.67 bits per heavy atom. The standard InChI is InChI=1S/C14H28N2O2/c1-10(2)7-8-12-5-4-6-13(12)16-14(18)15-11(3)9-17/h10-13,17H,4-9H2,1-3H3,(H2,15,16,18). The molecule has 0 aromatic heterocycles. The molecule has 4 nitrogen and oxygen atoms in total. The molecule has 4 heteroatoms. The van der Waals surface area contributed by atoms with E-state index >= 15 is 0 Å². The molecule has 1 aliphatic carbocycles. The van der Waals surface area contributed by atoms with Gasteiger partial charge in [0.05, 0.1) is 12.6 Å². The maximum absolute atomic E-state index is 11.7. The Hall–Kier alpha value is -0.770. The Balaban J connectivity index is 2.33. The Bertz CT molecular complexity index is 256. The number of aliphatic hydroxyl groups excluding tert-OH is 1. The summed E-state index contributed by atoms with van der Waals surface area (Å²) in [5, 5.41) is 14.7. The fraction of sp³-hybridized carbons (Fsp3) is 0.929. The van der Waals surface area contributed by atoms with E-state index in [1.54, 1.807) is 6.92 Å². The zero-order valence-corrected chi connectivity index (χ0v) is 11.9. The lowest BCUT2D eigenvalue weighted by Gasteiger charge is -2.23. The van der Waals surface area contributed by atoms with Crippen LogP contribution in [-0.2, 0) is 0 Å². The van der Waals surface area contributed by atoms with Crippen LogP contribution in [0.3, 0.4) is 0 Å². The van der Waals surface area contributed by atoms with Crippen molar-refractivity contribution in [2.45, 2.75) is 65.0 Å².